The number of halogens is 2. The number of carboxylic acids is 1. The summed E-state index contributed by atoms with van der Waals surface area (Å²) in [6, 6.07) is 1.62. The number of carbonyl (C=O) groups is 2. The predicted molar refractivity (Wildman–Crippen MR) is 62.9 cm³/mol. The van der Waals surface area contributed by atoms with E-state index in [1.165, 1.54) is 0 Å². The lowest BCUT2D eigenvalue weighted by Crippen LogP contribution is -2.40. The minimum atomic E-state index is -1.16. The number of rotatable bonds is 6. The van der Waals surface area contributed by atoms with E-state index in [0.29, 0.717) is 0 Å². The van der Waals surface area contributed by atoms with E-state index in [1.54, 1.807) is 0 Å². The highest BCUT2D eigenvalue weighted by Gasteiger charge is 2.31. The number of hydrogen-bond donors (Lipinski definition) is 2. The Bertz CT molecular complexity index is 515. The molecule has 1 aliphatic carbocycles. The van der Waals surface area contributed by atoms with Crippen LogP contribution in [0.15, 0.2) is 18.2 Å². The summed E-state index contributed by atoms with van der Waals surface area (Å²) in [6.45, 7) is 0. The summed E-state index contributed by atoms with van der Waals surface area (Å²) in [4.78, 5) is 22.8. The molecule has 0 amide bonds. The number of nitrogens with one attached hydrogen (secondary N) is 1. The van der Waals surface area contributed by atoms with Crippen LogP contribution in [0.25, 0.3) is 0 Å². The standard InChI is InChI=1S/C13H13F2NO3/c14-7-1-4-10(15)9(5-7)13(19)11(6-12(17)18)16-8-2-3-8/h1,4-5,8,11,16H,2-3,6H2,(H,17,18). The zero-order chi connectivity index (χ0) is 14.0. The van der Waals surface area contributed by atoms with Gasteiger partial charge < -0.3 is 10.4 Å². The summed E-state index contributed by atoms with van der Waals surface area (Å²) >= 11 is 0. The van der Waals surface area contributed by atoms with Crippen LogP contribution >= 0.6 is 0 Å². The Balaban J connectivity index is 2.21. The Morgan fingerprint density at radius 3 is 2.63 bits per heavy atom. The number of carboxylic acid groups (broad SMARTS) is 1. The molecule has 1 aromatic carbocycles. The van der Waals surface area contributed by atoms with Crippen molar-refractivity contribution < 1.29 is 23.5 Å². The SMILES string of the molecule is O=C(O)CC(NC1CC1)C(=O)c1cc(F)ccc1F. The van der Waals surface area contributed by atoms with Crippen LogP contribution in [0.3, 0.4) is 0 Å². The van der Waals surface area contributed by atoms with E-state index in [1.807, 2.05) is 0 Å². The average molecular weight is 269 g/mol. The van der Waals surface area contributed by atoms with Gasteiger partial charge in [0.25, 0.3) is 0 Å². The predicted octanol–water partition coefficient (Wildman–Crippen LogP) is 1.74. The first-order valence-corrected chi connectivity index (χ1v) is 5.94. The van der Waals surface area contributed by atoms with Gasteiger partial charge in [0.15, 0.2) is 5.78 Å². The highest BCUT2D eigenvalue weighted by atomic mass is 19.1. The monoisotopic (exact) mass is 269 g/mol. The maximum atomic E-state index is 13.5. The van der Waals surface area contributed by atoms with Crippen molar-refractivity contribution in [2.75, 3.05) is 0 Å². The maximum absolute atomic E-state index is 13.5. The maximum Gasteiger partial charge on any atom is 0.305 e. The van der Waals surface area contributed by atoms with Gasteiger partial charge in [0.1, 0.15) is 11.6 Å². The van der Waals surface area contributed by atoms with Crippen LogP contribution in [0.5, 0.6) is 0 Å². The molecule has 0 bridgehead atoms. The molecule has 2 N–H and O–H groups in total. The molecule has 0 spiro atoms. The minimum absolute atomic E-state index is 0.0879. The molecule has 6 heteroatoms. The van der Waals surface area contributed by atoms with Crippen molar-refractivity contribution in [2.45, 2.75) is 31.3 Å². The van der Waals surface area contributed by atoms with Gasteiger partial charge in [0.2, 0.25) is 0 Å². The summed E-state index contributed by atoms with van der Waals surface area (Å²) in [7, 11) is 0. The molecule has 1 atom stereocenters. The first kappa shape index (κ1) is 13.6. The molecular weight excluding hydrogens is 256 g/mol. The van der Waals surface area contributed by atoms with E-state index in [0.717, 1.165) is 31.0 Å². The second kappa shape index (κ2) is 5.44. The van der Waals surface area contributed by atoms with Crippen molar-refractivity contribution in [3.8, 4) is 0 Å². The van der Waals surface area contributed by atoms with Crippen LogP contribution in [-0.4, -0.2) is 28.9 Å². The Morgan fingerprint density at radius 2 is 2.05 bits per heavy atom. The topological polar surface area (TPSA) is 66.4 Å². The molecule has 1 aromatic rings. The normalized spacial score (nSPS) is 16.1. The molecule has 1 unspecified atom stereocenters. The molecule has 0 aliphatic heterocycles. The van der Waals surface area contributed by atoms with Gasteiger partial charge in [0.05, 0.1) is 18.0 Å². The fourth-order valence-corrected chi connectivity index (χ4v) is 1.81. The number of hydrogen-bond acceptors (Lipinski definition) is 3. The van der Waals surface area contributed by atoms with Crippen LogP contribution in [0, 0.1) is 11.6 Å². The molecule has 19 heavy (non-hydrogen) atoms. The number of aliphatic carboxylic acids is 1. The van der Waals surface area contributed by atoms with Crippen LogP contribution in [-0.2, 0) is 4.79 Å². The highest BCUT2D eigenvalue weighted by Crippen LogP contribution is 2.22. The van der Waals surface area contributed by atoms with Crippen molar-refractivity contribution in [1.82, 2.24) is 5.32 Å². The Kier molecular flexibility index (Phi) is 3.90. The van der Waals surface area contributed by atoms with E-state index < -0.39 is 41.4 Å². The zero-order valence-corrected chi connectivity index (χ0v) is 10.0. The van der Waals surface area contributed by atoms with Gasteiger partial charge >= 0.3 is 5.97 Å². The van der Waals surface area contributed by atoms with Crippen LogP contribution < -0.4 is 5.32 Å². The lowest BCUT2D eigenvalue weighted by atomic mass is 10.0. The third kappa shape index (κ3) is 3.57. The summed E-state index contributed by atoms with van der Waals surface area (Å²) in [5, 5.41) is 11.6. The minimum Gasteiger partial charge on any atom is -0.481 e. The fraction of sp³-hybridized carbons (Fsp3) is 0.385. The van der Waals surface area contributed by atoms with Crippen LogP contribution in [0.1, 0.15) is 29.6 Å². The van der Waals surface area contributed by atoms with Gasteiger partial charge in [-0.05, 0) is 31.0 Å². The first-order chi connectivity index (χ1) is 8.97. The molecule has 0 heterocycles. The Labute approximate surface area is 108 Å². The molecule has 1 saturated carbocycles. The van der Waals surface area contributed by atoms with Gasteiger partial charge in [-0.2, -0.15) is 0 Å². The number of carbonyl (C=O) groups excluding carboxylic acids is 1. The summed E-state index contributed by atoms with van der Waals surface area (Å²) in [5.41, 5.74) is -0.417. The third-order valence-corrected chi connectivity index (χ3v) is 2.90. The van der Waals surface area contributed by atoms with Gasteiger partial charge in [-0.25, -0.2) is 8.78 Å². The zero-order valence-electron chi connectivity index (χ0n) is 10.0. The van der Waals surface area contributed by atoms with E-state index in [2.05, 4.69) is 5.32 Å². The van der Waals surface area contributed by atoms with Crippen LogP contribution in [0.4, 0.5) is 8.78 Å². The van der Waals surface area contributed by atoms with Crippen LogP contribution in [0.2, 0.25) is 0 Å². The molecule has 0 aromatic heterocycles. The fourth-order valence-electron chi connectivity index (χ4n) is 1.81. The van der Waals surface area contributed by atoms with Gasteiger partial charge in [-0.1, -0.05) is 0 Å². The molecule has 1 aliphatic rings. The summed E-state index contributed by atoms with van der Waals surface area (Å²) in [6.07, 6.45) is 1.26. The highest BCUT2D eigenvalue weighted by molar-refractivity contribution is 6.02. The molecule has 0 radical (unpaired) electrons. The largest absolute Gasteiger partial charge is 0.481 e. The summed E-state index contributed by atoms with van der Waals surface area (Å²) in [5.74, 6) is -3.47. The molecule has 1 fully saturated rings. The van der Waals surface area contributed by atoms with Gasteiger partial charge in [-0.3, -0.25) is 9.59 Å². The number of Topliss-reactive ketones (excluding diaryl/α,β-unsaturated/α-hetero) is 1. The second-order valence-corrected chi connectivity index (χ2v) is 4.58. The first-order valence-electron chi connectivity index (χ1n) is 5.94. The summed E-state index contributed by atoms with van der Waals surface area (Å²) < 4.78 is 26.6. The Morgan fingerprint density at radius 1 is 1.37 bits per heavy atom. The lowest BCUT2D eigenvalue weighted by Gasteiger charge is -2.15. The van der Waals surface area contributed by atoms with E-state index in [9.17, 15) is 18.4 Å². The Hall–Kier alpha value is -1.82. The van der Waals surface area contributed by atoms with E-state index >= 15 is 0 Å². The van der Waals surface area contributed by atoms with Crippen molar-refractivity contribution in [3.05, 3.63) is 35.4 Å². The quantitative estimate of drug-likeness (QED) is 0.772. The number of benzene rings is 1. The van der Waals surface area contributed by atoms with E-state index in [4.69, 9.17) is 5.11 Å². The molecule has 0 saturated heterocycles. The van der Waals surface area contributed by atoms with Crippen molar-refractivity contribution >= 4 is 11.8 Å². The molecule has 2 rings (SSSR count). The van der Waals surface area contributed by atoms with Gasteiger partial charge in [0, 0.05) is 6.04 Å². The smallest absolute Gasteiger partial charge is 0.305 e. The van der Waals surface area contributed by atoms with Crippen molar-refractivity contribution in [1.29, 1.82) is 0 Å². The molecule has 4 nitrogen and oxygen atoms in total. The number of ketones is 1. The lowest BCUT2D eigenvalue weighted by molar-refractivity contribution is -0.137. The molecular formula is C13H13F2NO3. The van der Waals surface area contributed by atoms with E-state index in [-0.39, 0.29) is 6.04 Å². The van der Waals surface area contributed by atoms with Gasteiger partial charge in [-0.15, -0.1) is 0 Å². The second-order valence-electron chi connectivity index (χ2n) is 4.58. The van der Waals surface area contributed by atoms with Crippen molar-refractivity contribution in [3.63, 3.8) is 0 Å². The third-order valence-electron chi connectivity index (χ3n) is 2.90. The van der Waals surface area contributed by atoms with Crippen molar-refractivity contribution in [2.24, 2.45) is 0 Å². The molecule has 102 valence electrons. The average Bonchev–Trinajstić information content (AvgIpc) is 3.14.